The number of pyridine rings is 1. The smallest absolute Gasteiger partial charge is 0.234 e. The van der Waals surface area contributed by atoms with Crippen molar-refractivity contribution < 1.29 is 14.3 Å². The lowest BCUT2D eigenvalue weighted by molar-refractivity contribution is -0.124. The standard InChI is InChI=1S/C20H28N6O3/c1-14-10-15(2)24-20(23-14)25-16-4-5-17(22-11-16)18-12-26(7-9-29-18)13-19(27)21-6-8-28-3/h4-5,10-11,18H,6-9,12-13H2,1-3H3,(H,21,27)(H,23,24,25)/t18-/m0/s1. The zero-order chi connectivity index (χ0) is 20.6. The van der Waals surface area contributed by atoms with Gasteiger partial charge in [0, 0.05) is 38.1 Å². The third-order valence-electron chi connectivity index (χ3n) is 4.50. The number of morpholine rings is 1. The first kappa shape index (κ1) is 21.1. The van der Waals surface area contributed by atoms with Crippen LogP contribution in [0.5, 0.6) is 0 Å². The molecule has 2 N–H and O–H groups in total. The molecule has 2 aromatic rings. The predicted molar refractivity (Wildman–Crippen MR) is 109 cm³/mol. The Balaban J connectivity index is 1.55. The van der Waals surface area contributed by atoms with E-state index in [1.165, 1.54) is 0 Å². The summed E-state index contributed by atoms with van der Waals surface area (Å²) in [6.45, 7) is 7.14. The Kier molecular flexibility index (Phi) is 7.45. The number of nitrogens with one attached hydrogen (secondary N) is 2. The lowest BCUT2D eigenvalue weighted by Gasteiger charge is -2.32. The number of carbonyl (C=O) groups is 1. The van der Waals surface area contributed by atoms with E-state index in [1.807, 2.05) is 32.0 Å². The number of anilines is 2. The molecule has 9 nitrogen and oxygen atoms in total. The van der Waals surface area contributed by atoms with Gasteiger partial charge in [0.2, 0.25) is 11.9 Å². The predicted octanol–water partition coefficient (Wildman–Crippen LogP) is 1.37. The molecule has 1 aliphatic rings. The topological polar surface area (TPSA) is 102 Å². The van der Waals surface area contributed by atoms with Gasteiger partial charge in [0.05, 0.1) is 37.3 Å². The fourth-order valence-electron chi connectivity index (χ4n) is 3.16. The Morgan fingerprint density at radius 2 is 2.10 bits per heavy atom. The summed E-state index contributed by atoms with van der Waals surface area (Å²) in [4.78, 5) is 27.4. The molecule has 3 rings (SSSR count). The molecule has 29 heavy (non-hydrogen) atoms. The number of hydrogen-bond acceptors (Lipinski definition) is 8. The van der Waals surface area contributed by atoms with Crippen LogP contribution in [-0.4, -0.2) is 72.3 Å². The third kappa shape index (κ3) is 6.45. The minimum absolute atomic E-state index is 0.0105. The van der Waals surface area contributed by atoms with Gasteiger partial charge in [0.15, 0.2) is 0 Å². The highest BCUT2D eigenvalue weighted by molar-refractivity contribution is 5.78. The lowest BCUT2D eigenvalue weighted by atomic mass is 10.2. The van der Waals surface area contributed by atoms with E-state index in [1.54, 1.807) is 13.3 Å². The second-order valence-corrected chi connectivity index (χ2v) is 7.01. The summed E-state index contributed by atoms with van der Waals surface area (Å²) in [6, 6.07) is 5.79. The molecule has 3 heterocycles. The van der Waals surface area contributed by atoms with E-state index in [2.05, 4.69) is 30.5 Å². The van der Waals surface area contributed by atoms with E-state index < -0.39 is 0 Å². The monoisotopic (exact) mass is 400 g/mol. The summed E-state index contributed by atoms with van der Waals surface area (Å²) in [6.07, 6.45) is 1.58. The van der Waals surface area contributed by atoms with Crippen LogP contribution >= 0.6 is 0 Å². The number of hydrogen-bond donors (Lipinski definition) is 2. The van der Waals surface area contributed by atoms with Gasteiger partial charge < -0.3 is 20.1 Å². The molecule has 0 radical (unpaired) electrons. The van der Waals surface area contributed by atoms with Gasteiger partial charge in [-0.1, -0.05) is 0 Å². The van der Waals surface area contributed by atoms with Gasteiger partial charge in [-0.05, 0) is 32.0 Å². The van der Waals surface area contributed by atoms with Crippen molar-refractivity contribution in [2.24, 2.45) is 0 Å². The van der Waals surface area contributed by atoms with Crippen LogP contribution in [0.25, 0.3) is 0 Å². The van der Waals surface area contributed by atoms with Crippen molar-refractivity contribution in [1.82, 2.24) is 25.2 Å². The fourth-order valence-corrected chi connectivity index (χ4v) is 3.16. The van der Waals surface area contributed by atoms with Gasteiger partial charge in [0.25, 0.3) is 0 Å². The van der Waals surface area contributed by atoms with Gasteiger partial charge in [-0.2, -0.15) is 0 Å². The van der Waals surface area contributed by atoms with Crippen molar-refractivity contribution in [1.29, 1.82) is 0 Å². The van der Waals surface area contributed by atoms with E-state index in [-0.39, 0.29) is 12.0 Å². The van der Waals surface area contributed by atoms with Crippen LogP contribution in [-0.2, 0) is 14.3 Å². The Morgan fingerprint density at radius 3 is 2.79 bits per heavy atom. The van der Waals surface area contributed by atoms with Crippen LogP contribution in [0.15, 0.2) is 24.4 Å². The highest BCUT2D eigenvalue weighted by atomic mass is 16.5. The Hall–Kier alpha value is -2.62. The minimum Gasteiger partial charge on any atom is -0.383 e. The second kappa shape index (κ2) is 10.2. The van der Waals surface area contributed by atoms with Gasteiger partial charge in [0.1, 0.15) is 6.10 Å². The van der Waals surface area contributed by atoms with Crippen LogP contribution in [0.1, 0.15) is 23.2 Å². The Labute approximate surface area is 170 Å². The summed E-state index contributed by atoms with van der Waals surface area (Å²) in [5, 5.41) is 6.02. The molecule has 0 aromatic carbocycles. The zero-order valence-corrected chi connectivity index (χ0v) is 17.1. The number of amides is 1. The molecule has 1 saturated heterocycles. The molecule has 1 fully saturated rings. The van der Waals surface area contributed by atoms with Gasteiger partial charge >= 0.3 is 0 Å². The summed E-state index contributed by atoms with van der Waals surface area (Å²) >= 11 is 0. The molecule has 0 unspecified atom stereocenters. The maximum absolute atomic E-state index is 12.0. The summed E-state index contributed by atoms with van der Waals surface area (Å²) in [7, 11) is 1.61. The zero-order valence-electron chi connectivity index (χ0n) is 17.1. The summed E-state index contributed by atoms with van der Waals surface area (Å²) in [5.41, 5.74) is 3.46. The van der Waals surface area contributed by atoms with Crippen LogP contribution in [0.2, 0.25) is 0 Å². The first-order chi connectivity index (χ1) is 14.0. The Morgan fingerprint density at radius 1 is 1.31 bits per heavy atom. The number of methoxy groups -OCH3 is 1. The number of rotatable bonds is 8. The van der Waals surface area contributed by atoms with Crippen molar-refractivity contribution in [2.45, 2.75) is 20.0 Å². The van der Waals surface area contributed by atoms with Crippen LogP contribution in [0, 0.1) is 13.8 Å². The number of aryl methyl sites for hydroxylation is 2. The molecular formula is C20H28N6O3. The van der Waals surface area contributed by atoms with E-state index in [9.17, 15) is 4.79 Å². The molecule has 1 amide bonds. The highest BCUT2D eigenvalue weighted by Crippen LogP contribution is 2.22. The average molecular weight is 400 g/mol. The average Bonchev–Trinajstić information content (AvgIpc) is 2.68. The van der Waals surface area contributed by atoms with Crippen molar-refractivity contribution in [2.75, 3.05) is 51.8 Å². The van der Waals surface area contributed by atoms with E-state index in [0.717, 1.165) is 29.3 Å². The number of nitrogens with zero attached hydrogens (tertiary/aromatic N) is 4. The third-order valence-corrected chi connectivity index (χ3v) is 4.50. The quantitative estimate of drug-likeness (QED) is 0.641. The first-order valence-electron chi connectivity index (χ1n) is 9.68. The van der Waals surface area contributed by atoms with Crippen molar-refractivity contribution >= 4 is 17.5 Å². The molecule has 0 saturated carbocycles. The minimum atomic E-state index is -0.165. The molecular weight excluding hydrogens is 372 g/mol. The van der Waals surface area contributed by atoms with E-state index in [4.69, 9.17) is 9.47 Å². The SMILES string of the molecule is COCCNC(=O)CN1CCO[C@H](c2ccc(Nc3nc(C)cc(C)n3)cn2)C1. The molecule has 0 bridgehead atoms. The van der Waals surface area contributed by atoms with E-state index >= 15 is 0 Å². The molecule has 1 aliphatic heterocycles. The number of carbonyl (C=O) groups excluding carboxylic acids is 1. The molecule has 2 aromatic heterocycles. The number of ether oxygens (including phenoxy) is 2. The van der Waals surface area contributed by atoms with Crippen molar-refractivity contribution in [3.63, 3.8) is 0 Å². The maximum atomic E-state index is 12.0. The van der Waals surface area contributed by atoms with Crippen LogP contribution in [0.3, 0.4) is 0 Å². The van der Waals surface area contributed by atoms with Crippen LogP contribution in [0.4, 0.5) is 11.6 Å². The second-order valence-electron chi connectivity index (χ2n) is 7.01. The molecule has 0 spiro atoms. The molecule has 1 atom stereocenters. The van der Waals surface area contributed by atoms with Crippen LogP contribution < -0.4 is 10.6 Å². The highest BCUT2D eigenvalue weighted by Gasteiger charge is 2.24. The molecule has 156 valence electrons. The first-order valence-corrected chi connectivity index (χ1v) is 9.68. The summed E-state index contributed by atoms with van der Waals surface area (Å²) in [5.74, 6) is 0.542. The van der Waals surface area contributed by atoms with Gasteiger partial charge in [-0.3, -0.25) is 14.7 Å². The van der Waals surface area contributed by atoms with Gasteiger partial charge in [-0.15, -0.1) is 0 Å². The van der Waals surface area contributed by atoms with Gasteiger partial charge in [-0.25, -0.2) is 9.97 Å². The molecule has 9 heteroatoms. The maximum Gasteiger partial charge on any atom is 0.234 e. The van der Waals surface area contributed by atoms with E-state index in [0.29, 0.717) is 38.8 Å². The van der Waals surface area contributed by atoms with Crippen molar-refractivity contribution in [3.8, 4) is 0 Å². The lowest BCUT2D eigenvalue weighted by Crippen LogP contribution is -2.44. The van der Waals surface area contributed by atoms with Crippen molar-refractivity contribution in [3.05, 3.63) is 41.5 Å². The fraction of sp³-hybridized carbons (Fsp3) is 0.500. The Bertz CT molecular complexity index is 794. The largest absolute Gasteiger partial charge is 0.383 e. The summed E-state index contributed by atoms with van der Waals surface area (Å²) < 4.78 is 10.8. The normalized spacial score (nSPS) is 17.1. The number of aromatic nitrogens is 3. The molecule has 0 aliphatic carbocycles.